The lowest BCUT2D eigenvalue weighted by Crippen LogP contribution is -2.32. The Labute approximate surface area is 102 Å². The third kappa shape index (κ3) is 6.95. The molecule has 0 aromatic heterocycles. The molecule has 3 N–H and O–H groups in total. The van der Waals surface area contributed by atoms with Crippen LogP contribution in [0.5, 0.6) is 0 Å². The van der Waals surface area contributed by atoms with Gasteiger partial charge >= 0.3 is 0 Å². The third-order valence-electron chi connectivity index (χ3n) is 2.44. The largest absolute Gasteiger partial charge is 0.356 e. The van der Waals surface area contributed by atoms with Gasteiger partial charge in [0.2, 0.25) is 5.91 Å². The maximum atomic E-state index is 11.3. The van der Waals surface area contributed by atoms with Crippen LogP contribution >= 0.6 is 0 Å². The van der Waals surface area contributed by atoms with E-state index in [1.807, 2.05) is 0 Å². The first-order valence-electron chi connectivity index (χ1n) is 5.97. The lowest BCUT2D eigenvalue weighted by atomic mass is 10.1. The predicted molar refractivity (Wildman–Crippen MR) is 63.8 cm³/mol. The van der Waals surface area contributed by atoms with Crippen LogP contribution in [0.3, 0.4) is 0 Å². The lowest BCUT2D eigenvalue weighted by Gasteiger charge is -2.13. The van der Waals surface area contributed by atoms with E-state index in [0.29, 0.717) is 0 Å². The Morgan fingerprint density at radius 2 is 2.29 bits per heavy atom. The Kier molecular flexibility index (Phi) is 7.39. The highest BCUT2D eigenvalue weighted by atomic mass is 16.5. The van der Waals surface area contributed by atoms with Gasteiger partial charge in [-0.25, -0.2) is 0 Å². The molecule has 1 atom stereocenters. The molecule has 1 aliphatic carbocycles. The Balaban J connectivity index is 2.17. The molecule has 0 spiro atoms. The zero-order chi connectivity index (χ0) is 12.3. The molecule has 0 saturated heterocycles. The summed E-state index contributed by atoms with van der Waals surface area (Å²) in [6.45, 7) is 0.234. The van der Waals surface area contributed by atoms with Gasteiger partial charge in [-0.15, -0.1) is 5.92 Å². The fourth-order valence-electron chi connectivity index (χ4n) is 1.52. The summed E-state index contributed by atoms with van der Waals surface area (Å²) in [5.74, 6) is 5.90. The number of nitrogens with two attached hydrogens (primary N) is 1. The summed E-state index contributed by atoms with van der Waals surface area (Å²) >= 11 is 0. The lowest BCUT2D eigenvalue weighted by molar-refractivity contribution is -0.128. The number of hydrogen-bond acceptors (Lipinski definition) is 4. The molecule has 1 rings (SSSR count). The van der Waals surface area contributed by atoms with Crippen molar-refractivity contribution in [2.45, 2.75) is 38.2 Å². The van der Waals surface area contributed by atoms with Gasteiger partial charge < -0.3 is 20.5 Å². The summed E-state index contributed by atoms with van der Waals surface area (Å²) in [7, 11) is 0. The predicted octanol–water partition coefficient (Wildman–Crippen LogP) is 0.346. The summed E-state index contributed by atoms with van der Waals surface area (Å²) in [6.07, 6.45) is 5.17. The molecule has 0 fully saturated rings. The van der Waals surface area contributed by atoms with Crippen LogP contribution in [0.4, 0.5) is 0 Å². The fraction of sp³-hybridized carbons (Fsp3) is 0.750. The van der Waals surface area contributed by atoms with Crippen molar-refractivity contribution >= 4 is 5.91 Å². The molecule has 1 aliphatic rings. The van der Waals surface area contributed by atoms with Crippen LogP contribution in [0.25, 0.3) is 0 Å². The van der Waals surface area contributed by atoms with Gasteiger partial charge in [0.25, 0.3) is 0 Å². The normalized spacial score (nSPS) is 19.7. The van der Waals surface area contributed by atoms with Gasteiger partial charge in [0.1, 0.15) is 19.4 Å². The van der Waals surface area contributed by atoms with E-state index in [0.717, 1.165) is 25.7 Å². The van der Waals surface area contributed by atoms with Gasteiger partial charge in [-0.3, -0.25) is 4.79 Å². The minimum Gasteiger partial charge on any atom is -0.356 e. The van der Waals surface area contributed by atoms with Crippen LogP contribution < -0.4 is 11.1 Å². The van der Waals surface area contributed by atoms with Crippen molar-refractivity contribution in [2.75, 3.05) is 20.1 Å². The first-order valence-corrected chi connectivity index (χ1v) is 5.97. The molecule has 0 bridgehead atoms. The summed E-state index contributed by atoms with van der Waals surface area (Å²) in [5.41, 5.74) is 5.11. The summed E-state index contributed by atoms with van der Waals surface area (Å²) in [6, 6.07) is 0. The van der Waals surface area contributed by atoms with Crippen LogP contribution in [0.2, 0.25) is 0 Å². The van der Waals surface area contributed by atoms with Gasteiger partial charge in [0.15, 0.2) is 0 Å². The molecule has 0 saturated carbocycles. The maximum Gasteiger partial charge on any atom is 0.247 e. The number of amides is 1. The molecular formula is C12H20N2O3. The third-order valence-corrected chi connectivity index (χ3v) is 2.44. The van der Waals surface area contributed by atoms with Gasteiger partial charge in [0.05, 0.1) is 6.73 Å². The van der Waals surface area contributed by atoms with E-state index in [1.54, 1.807) is 0 Å². The van der Waals surface area contributed by atoms with E-state index in [9.17, 15) is 4.79 Å². The Morgan fingerprint density at radius 1 is 1.41 bits per heavy atom. The van der Waals surface area contributed by atoms with Gasteiger partial charge in [0, 0.05) is 6.42 Å². The van der Waals surface area contributed by atoms with Crippen molar-refractivity contribution in [3.05, 3.63) is 0 Å². The molecule has 1 unspecified atom stereocenters. The van der Waals surface area contributed by atoms with Crippen LogP contribution in [-0.4, -0.2) is 32.1 Å². The highest BCUT2D eigenvalue weighted by Crippen LogP contribution is 2.10. The average molecular weight is 240 g/mol. The highest BCUT2D eigenvalue weighted by Gasteiger charge is 2.09. The molecule has 0 heterocycles. The summed E-state index contributed by atoms with van der Waals surface area (Å²) in [5, 5.41) is 2.54. The van der Waals surface area contributed by atoms with Crippen molar-refractivity contribution in [3.63, 3.8) is 0 Å². The topological polar surface area (TPSA) is 73.6 Å². The Bertz CT molecular complexity index is 283. The van der Waals surface area contributed by atoms with Crippen molar-refractivity contribution < 1.29 is 14.3 Å². The molecule has 5 nitrogen and oxygen atoms in total. The first kappa shape index (κ1) is 14.0. The van der Waals surface area contributed by atoms with Crippen molar-refractivity contribution in [1.29, 1.82) is 0 Å². The second-order valence-corrected chi connectivity index (χ2v) is 3.84. The van der Waals surface area contributed by atoms with E-state index in [4.69, 9.17) is 15.2 Å². The van der Waals surface area contributed by atoms with Crippen LogP contribution in [0.15, 0.2) is 0 Å². The summed E-state index contributed by atoms with van der Waals surface area (Å²) < 4.78 is 10.2. The highest BCUT2D eigenvalue weighted by molar-refractivity contribution is 5.77. The Morgan fingerprint density at radius 3 is 3.12 bits per heavy atom. The number of carbonyl (C=O) groups excluding carboxylic acids is 1. The van der Waals surface area contributed by atoms with Crippen molar-refractivity contribution in [2.24, 2.45) is 5.73 Å². The monoisotopic (exact) mass is 240 g/mol. The SMILES string of the molecule is NCOCNC(=O)COC1C#CCCCCC1. The zero-order valence-corrected chi connectivity index (χ0v) is 10.0. The quantitative estimate of drug-likeness (QED) is 0.399. The standard InChI is InChI=1S/C12H20N2O3/c13-9-16-10-14-12(15)8-17-11-6-4-2-1-3-5-7-11/h11H,1-4,6,8-10,13H2,(H,14,15). The van der Waals surface area contributed by atoms with E-state index >= 15 is 0 Å². The molecule has 0 radical (unpaired) electrons. The molecular weight excluding hydrogens is 220 g/mol. The smallest absolute Gasteiger partial charge is 0.247 e. The second kappa shape index (κ2) is 8.99. The average Bonchev–Trinajstić information content (AvgIpc) is 2.28. The van der Waals surface area contributed by atoms with Gasteiger partial charge in [-0.2, -0.15) is 0 Å². The minimum atomic E-state index is -0.206. The van der Waals surface area contributed by atoms with Crippen molar-refractivity contribution in [3.8, 4) is 11.8 Å². The van der Waals surface area contributed by atoms with Gasteiger partial charge in [-0.05, 0) is 19.3 Å². The summed E-state index contributed by atoms with van der Waals surface area (Å²) in [4.78, 5) is 11.3. The zero-order valence-electron chi connectivity index (χ0n) is 10.0. The maximum absolute atomic E-state index is 11.3. The number of rotatable bonds is 6. The molecule has 96 valence electrons. The molecule has 5 heteroatoms. The van der Waals surface area contributed by atoms with E-state index in [1.165, 1.54) is 6.42 Å². The van der Waals surface area contributed by atoms with Crippen LogP contribution in [0, 0.1) is 11.8 Å². The number of nitrogens with one attached hydrogen (secondary N) is 1. The van der Waals surface area contributed by atoms with Crippen LogP contribution in [0.1, 0.15) is 32.1 Å². The molecule has 0 aliphatic heterocycles. The van der Waals surface area contributed by atoms with E-state index in [2.05, 4.69) is 17.2 Å². The molecule has 0 aromatic carbocycles. The molecule has 17 heavy (non-hydrogen) atoms. The van der Waals surface area contributed by atoms with Crippen LogP contribution in [-0.2, 0) is 14.3 Å². The van der Waals surface area contributed by atoms with E-state index < -0.39 is 0 Å². The van der Waals surface area contributed by atoms with Crippen molar-refractivity contribution in [1.82, 2.24) is 5.32 Å². The minimum absolute atomic E-state index is 0.0211. The first-order chi connectivity index (χ1) is 8.33. The molecule has 0 aromatic rings. The Hall–Kier alpha value is -1.09. The second-order valence-electron chi connectivity index (χ2n) is 3.84. The van der Waals surface area contributed by atoms with Gasteiger partial charge in [-0.1, -0.05) is 12.3 Å². The molecule has 1 amide bonds. The number of hydrogen-bond donors (Lipinski definition) is 2. The number of ether oxygens (including phenoxy) is 2. The number of carbonyl (C=O) groups is 1. The van der Waals surface area contributed by atoms with E-state index in [-0.39, 0.29) is 32.1 Å². The fourth-order valence-corrected chi connectivity index (χ4v) is 1.52.